The van der Waals surface area contributed by atoms with E-state index in [1.165, 1.54) is 0 Å². The SMILES string of the molecule is C=CCOc1ccc(Cl)c(Cl)c1[C@@H]1Cc2nnc(C3CCN(C(=O)OC(C)(C)C)C3)n2C1. The molecule has 1 aromatic carbocycles. The van der Waals surface area contributed by atoms with Gasteiger partial charge in [-0.2, -0.15) is 0 Å². The van der Waals surface area contributed by atoms with E-state index >= 15 is 0 Å². The zero-order valence-corrected chi connectivity index (χ0v) is 20.1. The Morgan fingerprint density at radius 2 is 2.03 bits per heavy atom. The van der Waals surface area contributed by atoms with Gasteiger partial charge in [-0.05, 0) is 39.3 Å². The first-order valence-corrected chi connectivity index (χ1v) is 11.5. The van der Waals surface area contributed by atoms with Crippen LogP contribution in [-0.4, -0.2) is 51.1 Å². The lowest BCUT2D eigenvalue weighted by Crippen LogP contribution is -2.35. The van der Waals surface area contributed by atoms with E-state index in [4.69, 9.17) is 32.7 Å². The normalized spacial score (nSPS) is 20.3. The Balaban J connectivity index is 1.52. The molecule has 0 radical (unpaired) electrons. The average Bonchev–Trinajstić information content (AvgIpc) is 3.43. The number of nitrogens with zero attached hydrogens (tertiary/aromatic N) is 4. The van der Waals surface area contributed by atoms with Crippen molar-refractivity contribution in [3.63, 3.8) is 0 Å². The van der Waals surface area contributed by atoms with Crippen LogP contribution in [0.25, 0.3) is 0 Å². The first-order valence-electron chi connectivity index (χ1n) is 10.8. The van der Waals surface area contributed by atoms with Crippen LogP contribution in [0.5, 0.6) is 5.75 Å². The van der Waals surface area contributed by atoms with Gasteiger partial charge in [-0.3, -0.25) is 0 Å². The summed E-state index contributed by atoms with van der Waals surface area (Å²) in [4.78, 5) is 14.2. The number of likely N-dealkylation sites (tertiary alicyclic amines) is 1. The van der Waals surface area contributed by atoms with Gasteiger partial charge in [0.15, 0.2) is 0 Å². The minimum Gasteiger partial charge on any atom is -0.489 e. The molecule has 3 heterocycles. The molecule has 1 amide bonds. The third-order valence-electron chi connectivity index (χ3n) is 5.75. The third-order valence-corrected chi connectivity index (χ3v) is 6.57. The van der Waals surface area contributed by atoms with E-state index in [1.807, 2.05) is 26.8 Å². The molecule has 0 aliphatic carbocycles. The number of benzene rings is 1. The van der Waals surface area contributed by atoms with E-state index in [-0.39, 0.29) is 17.9 Å². The highest BCUT2D eigenvalue weighted by atomic mass is 35.5. The summed E-state index contributed by atoms with van der Waals surface area (Å²) in [5.41, 5.74) is 0.374. The number of aromatic nitrogens is 3. The van der Waals surface area contributed by atoms with Crippen LogP contribution in [0.4, 0.5) is 4.79 Å². The largest absolute Gasteiger partial charge is 0.489 e. The van der Waals surface area contributed by atoms with Crippen molar-refractivity contribution in [2.24, 2.45) is 0 Å². The molecule has 2 aliphatic heterocycles. The molecule has 2 atom stereocenters. The zero-order chi connectivity index (χ0) is 23.0. The molecule has 1 fully saturated rings. The molecule has 1 aromatic heterocycles. The van der Waals surface area contributed by atoms with E-state index in [0.29, 0.717) is 48.5 Å². The fraction of sp³-hybridized carbons (Fsp3) is 0.522. The number of carbonyl (C=O) groups excluding carboxylic acids is 1. The van der Waals surface area contributed by atoms with Crippen molar-refractivity contribution in [2.45, 2.75) is 57.6 Å². The van der Waals surface area contributed by atoms with Crippen LogP contribution in [0.2, 0.25) is 10.0 Å². The zero-order valence-electron chi connectivity index (χ0n) is 18.6. The van der Waals surface area contributed by atoms with E-state index in [2.05, 4.69) is 21.3 Å². The second-order valence-electron chi connectivity index (χ2n) is 9.27. The van der Waals surface area contributed by atoms with Crippen molar-refractivity contribution in [3.8, 4) is 5.75 Å². The Morgan fingerprint density at radius 3 is 2.75 bits per heavy atom. The molecule has 4 rings (SSSR count). The second kappa shape index (κ2) is 8.94. The highest BCUT2D eigenvalue weighted by Gasteiger charge is 2.37. The summed E-state index contributed by atoms with van der Waals surface area (Å²) in [7, 11) is 0. The fourth-order valence-electron chi connectivity index (χ4n) is 4.37. The van der Waals surface area contributed by atoms with Crippen molar-refractivity contribution in [1.29, 1.82) is 0 Å². The standard InChI is InChI=1S/C23H28Cl2N4O3/c1-5-10-31-17-7-6-16(24)20(25)19(17)15-11-18-26-27-21(29(18)13-15)14-8-9-28(12-14)22(30)32-23(2,3)4/h5-7,14-15H,1,8-13H2,2-4H3/t14?,15-/m1/s1. The summed E-state index contributed by atoms with van der Waals surface area (Å²) in [6.45, 7) is 11.6. The molecule has 172 valence electrons. The van der Waals surface area contributed by atoms with Gasteiger partial charge in [0, 0.05) is 43.5 Å². The number of ether oxygens (including phenoxy) is 2. The minimum absolute atomic E-state index is 0.0774. The number of amides is 1. The summed E-state index contributed by atoms with van der Waals surface area (Å²) in [5.74, 6) is 2.72. The van der Waals surface area contributed by atoms with Crippen molar-refractivity contribution < 1.29 is 14.3 Å². The van der Waals surface area contributed by atoms with Gasteiger partial charge >= 0.3 is 6.09 Å². The Morgan fingerprint density at radius 1 is 1.25 bits per heavy atom. The lowest BCUT2D eigenvalue weighted by Gasteiger charge is -2.24. The van der Waals surface area contributed by atoms with Gasteiger partial charge in [-0.1, -0.05) is 35.9 Å². The van der Waals surface area contributed by atoms with Gasteiger partial charge in [0.1, 0.15) is 29.6 Å². The van der Waals surface area contributed by atoms with E-state index in [9.17, 15) is 4.79 Å². The first-order chi connectivity index (χ1) is 15.2. The Kier molecular flexibility index (Phi) is 6.41. The highest BCUT2D eigenvalue weighted by molar-refractivity contribution is 6.42. The first kappa shape index (κ1) is 22.9. The van der Waals surface area contributed by atoms with Gasteiger partial charge in [-0.25, -0.2) is 4.79 Å². The Hall–Kier alpha value is -2.25. The molecule has 2 aromatic rings. The predicted molar refractivity (Wildman–Crippen MR) is 124 cm³/mol. The van der Waals surface area contributed by atoms with Crippen LogP contribution in [0.15, 0.2) is 24.8 Å². The van der Waals surface area contributed by atoms with Crippen molar-refractivity contribution in [2.75, 3.05) is 19.7 Å². The van der Waals surface area contributed by atoms with Crippen molar-refractivity contribution in [3.05, 3.63) is 52.0 Å². The maximum atomic E-state index is 12.5. The topological polar surface area (TPSA) is 69.5 Å². The van der Waals surface area contributed by atoms with Crippen molar-refractivity contribution in [1.82, 2.24) is 19.7 Å². The smallest absolute Gasteiger partial charge is 0.410 e. The van der Waals surface area contributed by atoms with E-state index in [1.54, 1.807) is 17.0 Å². The molecule has 0 saturated carbocycles. The lowest BCUT2D eigenvalue weighted by molar-refractivity contribution is 0.0292. The summed E-state index contributed by atoms with van der Waals surface area (Å²) in [6, 6.07) is 3.60. The molecule has 32 heavy (non-hydrogen) atoms. The van der Waals surface area contributed by atoms with Gasteiger partial charge < -0.3 is 18.9 Å². The number of halogens is 2. The monoisotopic (exact) mass is 478 g/mol. The number of hydrogen-bond acceptors (Lipinski definition) is 5. The summed E-state index contributed by atoms with van der Waals surface area (Å²) in [6.07, 6.45) is 2.94. The summed E-state index contributed by atoms with van der Waals surface area (Å²) in [5, 5.41) is 9.90. The fourth-order valence-corrected chi connectivity index (χ4v) is 4.84. The summed E-state index contributed by atoms with van der Waals surface area (Å²) < 4.78 is 13.5. The highest BCUT2D eigenvalue weighted by Crippen LogP contribution is 2.43. The Bertz CT molecular complexity index is 1030. The maximum Gasteiger partial charge on any atom is 0.410 e. The number of carbonyl (C=O) groups is 1. The second-order valence-corrected chi connectivity index (χ2v) is 10.1. The third kappa shape index (κ3) is 4.59. The molecular formula is C23H28Cl2N4O3. The maximum absolute atomic E-state index is 12.5. The van der Waals surface area contributed by atoms with Crippen LogP contribution in [0.3, 0.4) is 0 Å². The van der Waals surface area contributed by atoms with Crippen molar-refractivity contribution >= 4 is 29.3 Å². The van der Waals surface area contributed by atoms with Crippen LogP contribution in [0.1, 0.15) is 56.2 Å². The number of hydrogen-bond donors (Lipinski definition) is 0. The molecule has 2 aliphatic rings. The van der Waals surface area contributed by atoms with Gasteiger partial charge in [0.2, 0.25) is 0 Å². The quantitative estimate of drug-likeness (QED) is 0.551. The van der Waals surface area contributed by atoms with E-state index in [0.717, 1.165) is 23.6 Å². The van der Waals surface area contributed by atoms with Gasteiger partial charge in [0.25, 0.3) is 0 Å². The number of fused-ring (bicyclic) bond motifs is 1. The minimum atomic E-state index is -0.514. The molecule has 7 nitrogen and oxygen atoms in total. The summed E-state index contributed by atoms with van der Waals surface area (Å²) >= 11 is 12.9. The van der Waals surface area contributed by atoms with Crippen LogP contribution in [-0.2, 0) is 17.7 Å². The molecule has 0 bridgehead atoms. The molecule has 0 N–H and O–H groups in total. The predicted octanol–water partition coefficient (Wildman–Crippen LogP) is 5.21. The van der Waals surface area contributed by atoms with Crippen LogP contribution < -0.4 is 4.74 Å². The van der Waals surface area contributed by atoms with Gasteiger partial charge in [0.05, 0.1) is 10.0 Å². The van der Waals surface area contributed by atoms with Crippen LogP contribution in [0, 0.1) is 0 Å². The average molecular weight is 479 g/mol. The van der Waals surface area contributed by atoms with Crippen LogP contribution >= 0.6 is 23.2 Å². The van der Waals surface area contributed by atoms with Gasteiger partial charge in [-0.15, -0.1) is 10.2 Å². The lowest BCUT2D eigenvalue weighted by atomic mass is 9.96. The Labute approximate surface area is 198 Å². The number of rotatable bonds is 5. The molecule has 1 unspecified atom stereocenters. The molecule has 1 saturated heterocycles. The molecular weight excluding hydrogens is 451 g/mol. The van der Waals surface area contributed by atoms with E-state index < -0.39 is 5.60 Å². The molecule has 9 heteroatoms. The molecule has 0 spiro atoms.